The van der Waals surface area contributed by atoms with Crippen molar-refractivity contribution < 1.29 is 9.59 Å². The lowest BCUT2D eigenvalue weighted by Gasteiger charge is -2.09. The number of anilines is 1. The van der Waals surface area contributed by atoms with Gasteiger partial charge in [-0.05, 0) is 43.7 Å². The second-order valence-corrected chi connectivity index (χ2v) is 7.09. The molecule has 8 heteroatoms. The van der Waals surface area contributed by atoms with Crippen LogP contribution in [0.4, 0.5) is 5.69 Å². The van der Waals surface area contributed by atoms with Crippen LogP contribution in [0.2, 0.25) is 0 Å². The molecule has 1 heterocycles. The summed E-state index contributed by atoms with van der Waals surface area (Å²) in [5.74, 6) is 0.325. The quantitative estimate of drug-likeness (QED) is 0.599. The summed E-state index contributed by atoms with van der Waals surface area (Å²) in [5.41, 5.74) is 8.37. The van der Waals surface area contributed by atoms with Gasteiger partial charge in [0.2, 0.25) is 11.8 Å². The van der Waals surface area contributed by atoms with E-state index in [1.165, 1.54) is 11.8 Å². The van der Waals surface area contributed by atoms with Gasteiger partial charge < -0.3 is 15.6 Å². The maximum Gasteiger partial charge on any atom is 0.248 e. The Morgan fingerprint density at radius 1 is 1.11 bits per heavy atom. The van der Waals surface area contributed by atoms with Crippen LogP contribution in [-0.4, -0.2) is 32.3 Å². The molecule has 0 spiro atoms. The second kappa shape index (κ2) is 8.71. The monoisotopic (exact) mass is 395 g/mol. The molecule has 144 valence electrons. The predicted octanol–water partition coefficient (Wildman–Crippen LogP) is 3.10. The molecule has 2 amide bonds. The molecule has 2 aromatic carbocycles. The van der Waals surface area contributed by atoms with E-state index in [-0.39, 0.29) is 11.7 Å². The molecule has 3 rings (SSSR count). The maximum atomic E-state index is 12.3. The van der Waals surface area contributed by atoms with E-state index in [2.05, 4.69) is 15.5 Å². The van der Waals surface area contributed by atoms with E-state index >= 15 is 0 Å². The number of rotatable bonds is 7. The average Bonchev–Trinajstić information content (AvgIpc) is 3.10. The Balaban J connectivity index is 1.67. The highest BCUT2D eigenvalue weighted by Crippen LogP contribution is 2.26. The predicted molar refractivity (Wildman–Crippen MR) is 110 cm³/mol. The van der Waals surface area contributed by atoms with Crippen LogP contribution >= 0.6 is 11.8 Å². The fraction of sp³-hybridized carbons (Fsp3) is 0.200. The van der Waals surface area contributed by atoms with E-state index in [1.54, 1.807) is 24.3 Å². The Labute approximate surface area is 167 Å². The molecule has 0 aliphatic rings. The smallest absolute Gasteiger partial charge is 0.248 e. The summed E-state index contributed by atoms with van der Waals surface area (Å²) < 4.78 is 2.00. The molecule has 0 atom stereocenters. The van der Waals surface area contributed by atoms with Gasteiger partial charge in [-0.25, -0.2) is 0 Å². The van der Waals surface area contributed by atoms with E-state index in [1.807, 2.05) is 42.7 Å². The number of nitrogens with one attached hydrogen (secondary N) is 1. The first-order valence-electron chi connectivity index (χ1n) is 8.81. The van der Waals surface area contributed by atoms with E-state index in [0.717, 1.165) is 17.0 Å². The number of hydrogen-bond acceptors (Lipinski definition) is 5. The minimum atomic E-state index is -0.503. The Hall–Kier alpha value is -3.13. The first-order chi connectivity index (χ1) is 13.5. The number of primary amides is 1. The van der Waals surface area contributed by atoms with Gasteiger partial charge >= 0.3 is 0 Å². The van der Waals surface area contributed by atoms with Crippen LogP contribution in [0.25, 0.3) is 11.4 Å². The average molecular weight is 395 g/mol. The highest BCUT2D eigenvalue weighted by atomic mass is 32.2. The van der Waals surface area contributed by atoms with Gasteiger partial charge in [-0.3, -0.25) is 9.59 Å². The Kier molecular flexibility index (Phi) is 6.10. The van der Waals surface area contributed by atoms with Crippen LogP contribution < -0.4 is 11.1 Å². The zero-order chi connectivity index (χ0) is 20.1. The van der Waals surface area contributed by atoms with Crippen molar-refractivity contribution in [1.82, 2.24) is 14.8 Å². The molecule has 28 heavy (non-hydrogen) atoms. The highest BCUT2D eigenvalue weighted by molar-refractivity contribution is 7.99. The summed E-state index contributed by atoms with van der Waals surface area (Å²) in [6.07, 6.45) is 0. The first kappa shape index (κ1) is 19.6. The molecule has 3 N–H and O–H groups in total. The Morgan fingerprint density at radius 2 is 1.82 bits per heavy atom. The molecule has 0 fully saturated rings. The van der Waals surface area contributed by atoms with Crippen molar-refractivity contribution >= 4 is 29.3 Å². The van der Waals surface area contributed by atoms with Crippen LogP contribution in [0.1, 0.15) is 22.8 Å². The molecule has 0 bridgehead atoms. The highest BCUT2D eigenvalue weighted by Gasteiger charge is 2.15. The zero-order valence-electron chi connectivity index (χ0n) is 15.7. The molecule has 7 nitrogen and oxygen atoms in total. The Bertz CT molecular complexity index is 998. The van der Waals surface area contributed by atoms with E-state index in [4.69, 9.17) is 5.73 Å². The summed E-state index contributed by atoms with van der Waals surface area (Å²) in [5, 5.41) is 12.1. The van der Waals surface area contributed by atoms with Crippen molar-refractivity contribution in [2.75, 3.05) is 11.1 Å². The lowest BCUT2D eigenvalue weighted by Crippen LogP contribution is -2.15. The number of amides is 2. The summed E-state index contributed by atoms with van der Waals surface area (Å²) in [6.45, 7) is 4.76. The van der Waals surface area contributed by atoms with Gasteiger partial charge in [0.15, 0.2) is 11.0 Å². The van der Waals surface area contributed by atoms with Gasteiger partial charge in [-0.15, -0.1) is 10.2 Å². The minimum absolute atomic E-state index is 0.167. The largest absolute Gasteiger partial charge is 0.366 e. The maximum absolute atomic E-state index is 12.3. The first-order valence-corrected chi connectivity index (χ1v) is 9.80. The standard InChI is InChI=1S/C20H21N5O2S/c1-3-25-19(16-7-5-4-6-13(16)2)23-24-20(25)28-12-17(26)22-15-10-8-14(9-11-15)18(21)27/h4-11H,3,12H2,1-2H3,(H2,21,27)(H,22,26). The van der Waals surface area contributed by atoms with Gasteiger partial charge in [0.05, 0.1) is 5.75 Å². The van der Waals surface area contributed by atoms with Crippen molar-refractivity contribution in [3.05, 3.63) is 59.7 Å². The lowest BCUT2D eigenvalue weighted by molar-refractivity contribution is -0.113. The third-order valence-corrected chi connectivity index (χ3v) is 5.17. The summed E-state index contributed by atoms with van der Waals surface area (Å²) in [4.78, 5) is 23.4. The molecule has 0 saturated carbocycles. The molecule has 0 radical (unpaired) electrons. The number of hydrogen-bond donors (Lipinski definition) is 2. The van der Waals surface area contributed by atoms with Gasteiger partial charge in [-0.2, -0.15) is 0 Å². The normalized spacial score (nSPS) is 10.6. The van der Waals surface area contributed by atoms with Crippen LogP contribution in [0.3, 0.4) is 0 Å². The zero-order valence-corrected chi connectivity index (χ0v) is 16.5. The number of thioether (sulfide) groups is 1. The molecule has 0 saturated heterocycles. The van der Waals surface area contributed by atoms with Gasteiger partial charge in [0.25, 0.3) is 0 Å². The van der Waals surface area contributed by atoms with Crippen molar-refractivity contribution in [3.63, 3.8) is 0 Å². The molecule has 1 aromatic heterocycles. The Morgan fingerprint density at radius 3 is 2.46 bits per heavy atom. The van der Waals surface area contributed by atoms with Crippen LogP contribution in [0.5, 0.6) is 0 Å². The fourth-order valence-corrected chi connectivity index (χ4v) is 3.55. The third-order valence-electron chi connectivity index (χ3n) is 4.20. The minimum Gasteiger partial charge on any atom is -0.366 e. The molecular weight excluding hydrogens is 374 g/mol. The van der Waals surface area contributed by atoms with Crippen molar-refractivity contribution in [1.29, 1.82) is 0 Å². The number of aromatic nitrogens is 3. The van der Waals surface area contributed by atoms with Crippen molar-refractivity contribution in [2.24, 2.45) is 5.73 Å². The van der Waals surface area contributed by atoms with Crippen molar-refractivity contribution in [2.45, 2.75) is 25.5 Å². The number of nitrogens with two attached hydrogens (primary N) is 1. The SMILES string of the molecule is CCn1c(SCC(=O)Nc2ccc(C(N)=O)cc2)nnc1-c1ccccc1C. The number of nitrogens with zero attached hydrogens (tertiary/aromatic N) is 3. The number of aryl methyl sites for hydroxylation is 1. The molecule has 0 aliphatic carbocycles. The second-order valence-electron chi connectivity index (χ2n) is 6.14. The van der Waals surface area contributed by atoms with Gasteiger partial charge in [0.1, 0.15) is 0 Å². The van der Waals surface area contributed by atoms with Crippen molar-refractivity contribution in [3.8, 4) is 11.4 Å². The van der Waals surface area contributed by atoms with Gasteiger partial charge in [0, 0.05) is 23.4 Å². The lowest BCUT2D eigenvalue weighted by atomic mass is 10.1. The molecule has 3 aromatic rings. The van der Waals surface area contributed by atoms with Gasteiger partial charge in [-0.1, -0.05) is 36.0 Å². The summed E-state index contributed by atoms with van der Waals surface area (Å²) in [7, 11) is 0. The van der Waals surface area contributed by atoms with Crippen LogP contribution in [0, 0.1) is 6.92 Å². The van der Waals surface area contributed by atoms with Crippen LogP contribution in [0.15, 0.2) is 53.7 Å². The summed E-state index contributed by atoms with van der Waals surface area (Å²) >= 11 is 1.33. The molecule has 0 aliphatic heterocycles. The third kappa shape index (κ3) is 4.40. The number of carbonyl (C=O) groups is 2. The van der Waals surface area contributed by atoms with E-state index < -0.39 is 5.91 Å². The summed E-state index contributed by atoms with van der Waals surface area (Å²) in [6, 6.07) is 14.5. The van der Waals surface area contributed by atoms with Crippen LogP contribution in [-0.2, 0) is 11.3 Å². The fourth-order valence-electron chi connectivity index (χ4n) is 2.75. The topological polar surface area (TPSA) is 103 Å². The van der Waals surface area contributed by atoms with E-state index in [0.29, 0.717) is 23.0 Å². The molecule has 0 unspecified atom stereocenters. The molecular formula is C20H21N5O2S. The van der Waals surface area contributed by atoms with E-state index in [9.17, 15) is 9.59 Å². The number of carbonyl (C=O) groups excluding carboxylic acids is 2. The number of benzene rings is 2.